The molecule has 0 radical (unpaired) electrons. The molecule has 0 spiro atoms. The second kappa shape index (κ2) is 7.13. The summed E-state index contributed by atoms with van der Waals surface area (Å²) < 4.78 is 21.8. The minimum absolute atomic E-state index is 0.173. The fourth-order valence-corrected chi connectivity index (χ4v) is 4.10. The summed E-state index contributed by atoms with van der Waals surface area (Å²) in [6.45, 7) is 0.173. The van der Waals surface area contributed by atoms with Gasteiger partial charge in [0, 0.05) is 11.6 Å². The highest BCUT2D eigenvalue weighted by Crippen LogP contribution is 2.41. The van der Waals surface area contributed by atoms with E-state index in [1.54, 1.807) is 50.6 Å². The van der Waals surface area contributed by atoms with Crippen molar-refractivity contribution in [3.8, 4) is 23.0 Å². The van der Waals surface area contributed by atoms with Crippen molar-refractivity contribution in [2.75, 3.05) is 25.9 Å². The molecule has 0 saturated carbocycles. The number of amides is 1. The zero-order valence-corrected chi connectivity index (χ0v) is 16.2. The smallest absolute Gasteiger partial charge is 0.270 e. The number of hydrogen-bond acceptors (Lipinski definition) is 7. The predicted molar refractivity (Wildman–Crippen MR) is 108 cm³/mol. The third-order valence-corrected chi connectivity index (χ3v) is 5.43. The SMILES string of the molecule is COc1ccc(OC)c(/C=C2\SC(=S)N(c3ccc4c(c3)OCO4)C2=O)c1. The Hall–Kier alpha value is -2.71. The molecule has 2 aliphatic rings. The van der Waals surface area contributed by atoms with E-state index in [1.165, 1.54) is 16.7 Å². The highest BCUT2D eigenvalue weighted by atomic mass is 32.2. The molecule has 1 amide bonds. The van der Waals surface area contributed by atoms with Gasteiger partial charge in [0.15, 0.2) is 15.8 Å². The van der Waals surface area contributed by atoms with Crippen LogP contribution in [0.4, 0.5) is 5.69 Å². The molecule has 2 aliphatic heterocycles. The van der Waals surface area contributed by atoms with Crippen molar-refractivity contribution in [1.82, 2.24) is 0 Å². The Morgan fingerprint density at radius 3 is 2.70 bits per heavy atom. The third-order valence-electron chi connectivity index (χ3n) is 4.13. The molecule has 8 heteroatoms. The lowest BCUT2D eigenvalue weighted by molar-refractivity contribution is -0.113. The van der Waals surface area contributed by atoms with Crippen molar-refractivity contribution in [1.29, 1.82) is 0 Å². The van der Waals surface area contributed by atoms with Crippen LogP contribution in [0.1, 0.15) is 5.56 Å². The first-order valence-electron chi connectivity index (χ1n) is 8.00. The fraction of sp³-hybridized carbons (Fsp3) is 0.158. The number of thiocarbonyl (C=S) groups is 1. The van der Waals surface area contributed by atoms with Gasteiger partial charge in [0.2, 0.25) is 6.79 Å². The minimum atomic E-state index is -0.200. The van der Waals surface area contributed by atoms with E-state index < -0.39 is 0 Å². The number of fused-ring (bicyclic) bond motifs is 1. The summed E-state index contributed by atoms with van der Waals surface area (Å²) in [6, 6.07) is 10.7. The van der Waals surface area contributed by atoms with Crippen LogP contribution < -0.4 is 23.8 Å². The van der Waals surface area contributed by atoms with E-state index in [4.69, 9.17) is 31.2 Å². The van der Waals surface area contributed by atoms with Gasteiger partial charge in [0.25, 0.3) is 5.91 Å². The zero-order chi connectivity index (χ0) is 19.0. The lowest BCUT2D eigenvalue weighted by Crippen LogP contribution is -2.27. The van der Waals surface area contributed by atoms with Crippen LogP contribution in [0.5, 0.6) is 23.0 Å². The van der Waals surface area contributed by atoms with E-state index in [-0.39, 0.29) is 12.7 Å². The van der Waals surface area contributed by atoms with E-state index in [9.17, 15) is 4.79 Å². The molecule has 4 rings (SSSR count). The number of methoxy groups -OCH3 is 2. The van der Waals surface area contributed by atoms with Gasteiger partial charge in [-0.1, -0.05) is 24.0 Å². The number of carbonyl (C=O) groups is 1. The number of hydrogen-bond donors (Lipinski definition) is 0. The quantitative estimate of drug-likeness (QED) is 0.570. The van der Waals surface area contributed by atoms with E-state index in [2.05, 4.69) is 0 Å². The van der Waals surface area contributed by atoms with E-state index in [1.807, 2.05) is 6.07 Å². The van der Waals surface area contributed by atoms with Crippen molar-refractivity contribution >= 4 is 46.0 Å². The summed E-state index contributed by atoms with van der Waals surface area (Å²) in [5.74, 6) is 2.37. The summed E-state index contributed by atoms with van der Waals surface area (Å²) in [6.07, 6.45) is 1.76. The largest absolute Gasteiger partial charge is 0.497 e. The second-order valence-corrected chi connectivity index (χ2v) is 7.34. The molecule has 1 fully saturated rings. The van der Waals surface area contributed by atoms with Crippen molar-refractivity contribution in [2.24, 2.45) is 0 Å². The number of thioether (sulfide) groups is 1. The van der Waals surface area contributed by atoms with E-state index in [0.29, 0.717) is 37.9 Å². The van der Waals surface area contributed by atoms with Gasteiger partial charge in [0.05, 0.1) is 24.8 Å². The standard InChI is InChI=1S/C19H15NO5S2/c1-22-13-4-6-14(23-2)11(7-13)8-17-18(21)20(19(26)27-17)12-3-5-15-16(9-12)25-10-24-15/h3-9H,10H2,1-2H3/b17-8-. The van der Waals surface area contributed by atoms with Crippen LogP contribution in [0.2, 0.25) is 0 Å². The van der Waals surface area contributed by atoms with Crippen LogP contribution in [0, 0.1) is 0 Å². The molecule has 138 valence electrons. The molecule has 0 bridgehead atoms. The third kappa shape index (κ3) is 3.22. The van der Waals surface area contributed by atoms with Gasteiger partial charge in [-0.05, 0) is 36.4 Å². The van der Waals surface area contributed by atoms with E-state index in [0.717, 1.165) is 5.56 Å². The molecule has 0 atom stereocenters. The number of benzene rings is 2. The Morgan fingerprint density at radius 1 is 1.11 bits per heavy atom. The molecule has 0 N–H and O–H groups in total. The molecule has 0 aliphatic carbocycles. The lowest BCUT2D eigenvalue weighted by Gasteiger charge is -2.14. The average Bonchev–Trinajstić information content (AvgIpc) is 3.25. The molecule has 27 heavy (non-hydrogen) atoms. The molecule has 2 aromatic carbocycles. The molecule has 6 nitrogen and oxygen atoms in total. The monoisotopic (exact) mass is 401 g/mol. The molecular weight excluding hydrogens is 386 g/mol. The maximum Gasteiger partial charge on any atom is 0.270 e. The number of anilines is 1. The number of nitrogens with zero attached hydrogens (tertiary/aromatic N) is 1. The first kappa shape index (κ1) is 17.7. The Kier molecular flexibility index (Phi) is 4.67. The Morgan fingerprint density at radius 2 is 1.93 bits per heavy atom. The normalized spacial score (nSPS) is 17.0. The first-order chi connectivity index (χ1) is 13.1. The summed E-state index contributed by atoms with van der Waals surface area (Å²) in [4.78, 5) is 15.0. The van der Waals surface area contributed by atoms with Crippen LogP contribution in [-0.4, -0.2) is 31.2 Å². The Balaban J connectivity index is 1.68. The van der Waals surface area contributed by atoms with Crippen LogP contribution in [-0.2, 0) is 4.79 Å². The maximum atomic E-state index is 13.0. The Labute approximate surface area is 165 Å². The lowest BCUT2D eigenvalue weighted by atomic mass is 10.1. The van der Waals surface area contributed by atoms with Crippen molar-refractivity contribution in [3.63, 3.8) is 0 Å². The maximum absolute atomic E-state index is 13.0. The molecular formula is C19H15NO5S2. The van der Waals surface area contributed by atoms with Gasteiger partial charge < -0.3 is 18.9 Å². The highest BCUT2D eigenvalue weighted by Gasteiger charge is 2.34. The summed E-state index contributed by atoms with van der Waals surface area (Å²) in [5, 5.41) is 0. The Bertz CT molecular complexity index is 973. The summed E-state index contributed by atoms with van der Waals surface area (Å²) in [7, 11) is 3.17. The molecule has 2 aromatic rings. The highest BCUT2D eigenvalue weighted by molar-refractivity contribution is 8.27. The molecule has 0 unspecified atom stereocenters. The fourth-order valence-electron chi connectivity index (χ4n) is 2.81. The van der Waals surface area contributed by atoms with Crippen molar-refractivity contribution < 1.29 is 23.7 Å². The summed E-state index contributed by atoms with van der Waals surface area (Å²) in [5.41, 5.74) is 1.38. The van der Waals surface area contributed by atoms with Crippen LogP contribution in [0.15, 0.2) is 41.3 Å². The van der Waals surface area contributed by atoms with Gasteiger partial charge >= 0.3 is 0 Å². The van der Waals surface area contributed by atoms with E-state index >= 15 is 0 Å². The summed E-state index contributed by atoms with van der Waals surface area (Å²) >= 11 is 6.67. The first-order valence-corrected chi connectivity index (χ1v) is 9.23. The molecule has 2 heterocycles. The van der Waals surface area contributed by atoms with Crippen molar-refractivity contribution in [2.45, 2.75) is 0 Å². The molecule has 1 saturated heterocycles. The average molecular weight is 401 g/mol. The minimum Gasteiger partial charge on any atom is -0.497 e. The predicted octanol–water partition coefficient (Wildman–Crippen LogP) is 3.84. The van der Waals surface area contributed by atoms with Crippen LogP contribution >= 0.6 is 24.0 Å². The van der Waals surface area contributed by atoms with Crippen LogP contribution in [0.25, 0.3) is 6.08 Å². The zero-order valence-electron chi connectivity index (χ0n) is 14.6. The second-order valence-electron chi connectivity index (χ2n) is 5.66. The van der Waals surface area contributed by atoms with Gasteiger partial charge in [0.1, 0.15) is 11.5 Å². The number of rotatable bonds is 4. The van der Waals surface area contributed by atoms with Gasteiger partial charge in [-0.15, -0.1) is 0 Å². The molecule has 0 aromatic heterocycles. The number of carbonyl (C=O) groups excluding carboxylic acids is 1. The number of ether oxygens (including phenoxy) is 4. The van der Waals surface area contributed by atoms with Gasteiger partial charge in [-0.3, -0.25) is 9.69 Å². The van der Waals surface area contributed by atoms with Crippen LogP contribution in [0.3, 0.4) is 0 Å². The topological polar surface area (TPSA) is 57.2 Å². The van der Waals surface area contributed by atoms with Crippen molar-refractivity contribution in [3.05, 3.63) is 46.9 Å². The van der Waals surface area contributed by atoms with Gasteiger partial charge in [-0.25, -0.2) is 0 Å². The van der Waals surface area contributed by atoms with Gasteiger partial charge in [-0.2, -0.15) is 0 Å².